The van der Waals surface area contributed by atoms with Crippen LogP contribution in [-0.2, 0) is 4.79 Å². The van der Waals surface area contributed by atoms with E-state index < -0.39 is 11.9 Å². The predicted molar refractivity (Wildman–Crippen MR) is 80.2 cm³/mol. The number of carbonyl (C=O) groups excluding carboxylic acids is 1. The molecule has 0 spiro atoms. The average molecular weight is 316 g/mol. The number of hydrogen-bond donors (Lipinski definition) is 2. The normalized spacial score (nSPS) is 17.3. The van der Waals surface area contributed by atoms with Crippen molar-refractivity contribution in [3.63, 3.8) is 0 Å². The number of carboxylic acid groups (broad SMARTS) is 1. The van der Waals surface area contributed by atoms with Crippen LogP contribution in [0, 0.1) is 12.8 Å². The number of anilines is 1. The molecule has 1 unspecified atom stereocenters. The van der Waals surface area contributed by atoms with Crippen LogP contribution in [0.1, 0.15) is 12.0 Å². The van der Waals surface area contributed by atoms with Gasteiger partial charge < -0.3 is 15.3 Å². The van der Waals surface area contributed by atoms with Crippen molar-refractivity contribution in [3.8, 4) is 5.69 Å². The Morgan fingerprint density at radius 2 is 2.22 bits per heavy atom. The van der Waals surface area contributed by atoms with Crippen LogP contribution in [0.25, 0.3) is 5.69 Å². The maximum absolute atomic E-state index is 12.2. The van der Waals surface area contributed by atoms with Crippen LogP contribution in [0.15, 0.2) is 24.5 Å². The minimum atomic E-state index is -0.864. The smallest absolute Gasteiger partial charge is 0.321 e. The molecule has 2 heterocycles. The Morgan fingerprint density at radius 3 is 2.87 bits per heavy atom. The summed E-state index contributed by atoms with van der Waals surface area (Å²) in [6, 6.07) is 5.11. The third-order valence-corrected chi connectivity index (χ3v) is 3.88. The molecule has 1 aromatic heterocycles. The molecule has 9 nitrogen and oxygen atoms in total. The number of carbonyl (C=O) groups is 2. The number of aryl methyl sites for hydroxylation is 1. The number of rotatable bonds is 3. The zero-order valence-electron chi connectivity index (χ0n) is 12.5. The molecule has 0 aliphatic carbocycles. The van der Waals surface area contributed by atoms with E-state index >= 15 is 0 Å². The van der Waals surface area contributed by atoms with E-state index in [0.29, 0.717) is 18.7 Å². The number of aromatic nitrogens is 4. The highest BCUT2D eigenvalue weighted by Crippen LogP contribution is 2.21. The third kappa shape index (κ3) is 3.12. The maximum Gasteiger partial charge on any atom is 0.321 e. The summed E-state index contributed by atoms with van der Waals surface area (Å²) in [6.45, 7) is 2.59. The van der Waals surface area contributed by atoms with Gasteiger partial charge in [0.25, 0.3) is 0 Å². The van der Waals surface area contributed by atoms with Crippen molar-refractivity contribution in [1.82, 2.24) is 25.1 Å². The average Bonchev–Trinajstić information content (AvgIpc) is 3.20. The van der Waals surface area contributed by atoms with Crippen LogP contribution in [0.5, 0.6) is 0 Å². The molecule has 1 aliphatic rings. The van der Waals surface area contributed by atoms with Crippen molar-refractivity contribution >= 4 is 17.7 Å². The number of nitrogens with zero attached hydrogens (tertiary/aromatic N) is 5. The van der Waals surface area contributed by atoms with E-state index in [9.17, 15) is 9.59 Å². The fourth-order valence-electron chi connectivity index (χ4n) is 2.55. The molecule has 2 amide bonds. The Hall–Kier alpha value is -2.97. The Labute approximate surface area is 131 Å². The first-order valence-corrected chi connectivity index (χ1v) is 7.17. The van der Waals surface area contributed by atoms with E-state index in [1.54, 1.807) is 12.1 Å². The van der Waals surface area contributed by atoms with Gasteiger partial charge in [0, 0.05) is 18.8 Å². The largest absolute Gasteiger partial charge is 0.481 e. The minimum absolute atomic E-state index is 0.229. The second-order valence-electron chi connectivity index (χ2n) is 5.46. The molecule has 120 valence electrons. The van der Waals surface area contributed by atoms with Crippen LogP contribution in [0.3, 0.4) is 0 Å². The molecular formula is C14H16N6O3. The van der Waals surface area contributed by atoms with Gasteiger partial charge in [-0.1, -0.05) is 6.07 Å². The summed E-state index contributed by atoms with van der Waals surface area (Å²) in [4.78, 5) is 24.7. The number of amides is 2. The molecule has 9 heteroatoms. The second-order valence-corrected chi connectivity index (χ2v) is 5.46. The number of benzene rings is 1. The van der Waals surface area contributed by atoms with Gasteiger partial charge >= 0.3 is 12.0 Å². The second kappa shape index (κ2) is 6.03. The van der Waals surface area contributed by atoms with Gasteiger partial charge in [-0.25, -0.2) is 9.48 Å². The lowest BCUT2D eigenvalue weighted by Gasteiger charge is -2.17. The monoisotopic (exact) mass is 316 g/mol. The molecule has 0 radical (unpaired) electrons. The Morgan fingerprint density at radius 1 is 1.39 bits per heavy atom. The molecule has 1 atom stereocenters. The number of urea groups is 1. The van der Waals surface area contributed by atoms with E-state index in [2.05, 4.69) is 20.8 Å². The van der Waals surface area contributed by atoms with Crippen molar-refractivity contribution in [2.75, 3.05) is 18.4 Å². The van der Waals surface area contributed by atoms with E-state index in [0.717, 1.165) is 11.3 Å². The van der Waals surface area contributed by atoms with Crippen molar-refractivity contribution < 1.29 is 14.7 Å². The summed E-state index contributed by atoms with van der Waals surface area (Å²) in [5, 5.41) is 22.8. The molecule has 3 rings (SSSR count). The van der Waals surface area contributed by atoms with Crippen molar-refractivity contribution in [1.29, 1.82) is 0 Å². The maximum atomic E-state index is 12.2. The van der Waals surface area contributed by atoms with E-state index in [4.69, 9.17) is 5.11 Å². The SMILES string of the molecule is Cc1ccc(NC(=O)N2CCC(C(=O)O)C2)cc1-n1cnnn1. The molecule has 2 N–H and O–H groups in total. The summed E-state index contributed by atoms with van der Waals surface area (Å²) in [5.74, 6) is -1.35. The summed E-state index contributed by atoms with van der Waals surface area (Å²) < 4.78 is 1.52. The number of nitrogens with one attached hydrogen (secondary N) is 1. The van der Waals surface area contributed by atoms with Crippen LogP contribution in [0.2, 0.25) is 0 Å². The van der Waals surface area contributed by atoms with Gasteiger partial charge in [-0.3, -0.25) is 4.79 Å². The zero-order valence-corrected chi connectivity index (χ0v) is 12.5. The molecular weight excluding hydrogens is 300 g/mol. The van der Waals surface area contributed by atoms with Gasteiger partial charge in [0.2, 0.25) is 0 Å². The summed E-state index contributed by atoms with van der Waals surface area (Å²) >= 11 is 0. The fourth-order valence-corrected chi connectivity index (χ4v) is 2.55. The number of carboxylic acids is 1. The van der Waals surface area contributed by atoms with Gasteiger partial charge in [-0.05, 0) is 41.5 Å². The summed E-state index contributed by atoms with van der Waals surface area (Å²) in [6.07, 6.45) is 1.96. The van der Waals surface area contributed by atoms with Crippen molar-refractivity contribution in [3.05, 3.63) is 30.1 Å². The topological polar surface area (TPSA) is 113 Å². The molecule has 1 aromatic carbocycles. The third-order valence-electron chi connectivity index (χ3n) is 3.88. The molecule has 23 heavy (non-hydrogen) atoms. The first kappa shape index (κ1) is 14.9. The number of tetrazole rings is 1. The van der Waals surface area contributed by atoms with Crippen LogP contribution < -0.4 is 5.32 Å². The summed E-state index contributed by atoms with van der Waals surface area (Å²) in [5.41, 5.74) is 2.32. The fraction of sp³-hybridized carbons (Fsp3) is 0.357. The van der Waals surface area contributed by atoms with E-state index in [1.165, 1.54) is 15.9 Å². The molecule has 1 fully saturated rings. The number of aliphatic carboxylic acids is 1. The first-order valence-electron chi connectivity index (χ1n) is 7.17. The highest BCUT2D eigenvalue weighted by Gasteiger charge is 2.30. The standard InChI is InChI=1S/C14H16N6O3/c1-9-2-3-11(6-12(9)20-8-15-17-18-20)16-14(23)19-5-4-10(7-19)13(21)22/h2-3,6,8,10H,4-5,7H2,1H3,(H,16,23)(H,21,22). The Balaban J connectivity index is 1.72. The molecule has 2 aromatic rings. The Bertz CT molecular complexity index is 730. The predicted octanol–water partition coefficient (Wildman–Crippen LogP) is 0.909. The van der Waals surface area contributed by atoms with E-state index in [-0.39, 0.29) is 12.6 Å². The molecule has 0 saturated carbocycles. The highest BCUT2D eigenvalue weighted by atomic mass is 16.4. The summed E-state index contributed by atoms with van der Waals surface area (Å²) in [7, 11) is 0. The van der Waals surface area contributed by atoms with Gasteiger partial charge in [0.1, 0.15) is 6.33 Å². The lowest BCUT2D eigenvalue weighted by atomic mass is 10.1. The number of hydrogen-bond acceptors (Lipinski definition) is 5. The lowest BCUT2D eigenvalue weighted by Crippen LogP contribution is -2.33. The Kier molecular flexibility index (Phi) is 3.92. The molecule has 1 aliphatic heterocycles. The quantitative estimate of drug-likeness (QED) is 0.870. The van der Waals surface area contributed by atoms with Crippen LogP contribution >= 0.6 is 0 Å². The molecule has 0 bridgehead atoms. The van der Waals surface area contributed by atoms with Crippen LogP contribution in [-0.4, -0.2) is 55.3 Å². The number of likely N-dealkylation sites (tertiary alicyclic amines) is 1. The lowest BCUT2D eigenvalue weighted by molar-refractivity contribution is -0.141. The van der Waals surface area contributed by atoms with Gasteiger partial charge in [-0.2, -0.15) is 0 Å². The zero-order chi connectivity index (χ0) is 16.4. The van der Waals surface area contributed by atoms with E-state index in [1.807, 2.05) is 13.0 Å². The molecule has 1 saturated heterocycles. The van der Waals surface area contributed by atoms with Gasteiger partial charge in [-0.15, -0.1) is 5.10 Å². The van der Waals surface area contributed by atoms with Crippen molar-refractivity contribution in [2.45, 2.75) is 13.3 Å². The van der Waals surface area contributed by atoms with Crippen LogP contribution in [0.4, 0.5) is 10.5 Å². The first-order chi connectivity index (χ1) is 11.0. The minimum Gasteiger partial charge on any atom is -0.481 e. The van der Waals surface area contributed by atoms with Crippen molar-refractivity contribution in [2.24, 2.45) is 5.92 Å². The van der Waals surface area contributed by atoms with Gasteiger partial charge in [0.15, 0.2) is 0 Å². The highest BCUT2D eigenvalue weighted by molar-refractivity contribution is 5.90. The van der Waals surface area contributed by atoms with Gasteiger partial charge in [0.05, 0.1) is 11.6 Å².